The first-order valence-electron chi connectivity index (χ1n) is 10.5. The molecule has 0 amide bonds. The molecule has 3 aliphatic rings. The molecular formula is C24H26F3N3. The van der Waals surface area contributed by atoms with Gasteiger partial charge in [0, 0.05) is 30.2 Å². The molecule has 3 nitrogen and oxygen atoms in total. The zero-order valence-corrected chi connectivity index (χ0v) is 17.1. The number of halogens is 3. The van der Waals surface area contributed by atoms with Gasteiger partial charge in [0.05, 0.1) is 11.1 Å². The molecule has 5 rings (SSSR count). The molecule has 0 spiro atoms. The van der Waals surface area contributed by atoms with E-state index in [-0.39, 0.29) is 11.8 Å². The van der Waals surface area contributed by atoms with Crippen LogP contribution in [0.4, 0.5) is 24.5 Å². The first-order valence-corrected chi connectivity index (χ1v) is 10.5. The van der Waals surface area contributed by atoms with Gasteiger partial charge in [-0.1, -0.05) is 12.1 Å². The molecule has 1 aliphatic heterocycles. The Labute approximate surface area is 174 Å². The lowest BCUT2D eigenvalue weighted by atomic mass is 9.60. The molecule has 1 unspecified atom stereocenters. The fourth-order valence-electron chi connectivity index (χ4n) is 6.82. The van der Waals surface area contributed by atoms with Gasteiger partial charge < -0.3 is 16.0 Å². The summed E-state index contributed by atoms with van der Waals surface area (Å²) >= 11 is 0. The summed E-state index contributed by atoms with van der Waals surface area (Å²) in [6, 6.07) is 9.58. The van der Waals surface area contributed by atoms with E-state index in [1.807, 2.05) is 19.2 Å². The van der Waals surface area contributed by atoms with Crippen LogP contribution in [0.15, 0.2) is 36.4 Å². The summed E-state index contributed by atoms with van der Waals surface area (Å²) in [5.41, 5.74) is 9.75. The van der Waals surface area contributed by atoms with Crippen LogP contribution in [0, 0.1) is 23.2 Å². The zero-order valence-electron chi connectivity index (χ0n) is 17.1. The highest BCUT2D eigenvalue weighted by atomic mass is 19.4. The first-order chi connectivity index (χ1) is 14.2. The molecule has 0 radical (unpaired) electrons. The third kappa shape index (κ3) is 2.42. The van der Waals surface area contributed by atoms with Gasteiger partial charge in [0.1, 0.15) is 0 Å². The fraction of sp³-hybridized carbons (Fsp3) is 0.458. The Morgan fingerprint density at radius 2 is 1.77 bits per heavy atom. The van der Waals surface area contributed by atoms with Gasteiger partial charge in [0.15, 0.2) is 0 Å². The van der Waals surface area contributed by atoms with Crippen LogP contribution in [-0.2, 0) is 11.7 Å². The molecule has 158 valence electrons. The monoisotopic (exact) mass is 413 g/mol. The molecule has 1 heterocycles. The third-order valence-electron chi connectivity index (χ3n) is 8.20. The Morgan fingerprint density at radius 3 is 2.40 bits per heavy atom. The summed E-state index contributed by atoms with van der Waals surface area (Å²) in [5, 5.41) is 7.99. The maximum atomic E-state index is 13.1. The Balaban J connectivity index is 1.71. The van der Waals surface area contributed by atoms with E-state index in [1.54, 1.807) is 12.1 Å². The number of hydrogen-bond donors (Lipinski definition) is 2. The predicted octanol–water partition coefficient (Wildman–Crippen LogP) is 5.78. The minimum Gasteiger partial charge on any atom is -0.398 e. The predicted molar refractivity (Wildman–Crippen MR) is 113 cm³/mol. The lowest BCUT2D eigenvalue weighted by Crippen LogP contribution is -2.54. The quantitative estimate of drug-likeness (QED) is 0.484. The fourth-order valence-corrected chi connectivity index (χ4v) is 6.82. The minimum atomic E-state index is -4.34. The van der Waals surface area contributed by atoms with Gasteiger partial charge in [-0.15, -0.1) is 0 Å². The molecule has 2 aromatic rings. The molecule has 2 saturated carbocycles. The summed E-state index contributed by atoms with van der Waals surface area (Å²) in [6.07, 6.45) is 0.505. The van der Waals surface area contributed by atoms with Crippen LogP contribution in [-0.4, -0.2) is 13.3 Å². The van der Waals surface area contributed by atoms with Gasteiger partial charge in [0.25, 0.3) is 0 Å². The van der Waals surface area contributed by atoms with E-state index in [9.17, 15) is 13.2 Å². The van der Waals surface area contributed by atoms with E-state index in [0.717, 1.165) is 35.2 Å². The lowest BCUT2D eigenvalue weighted by molar-refractivity contribution is -0.137. The Hall–Kier alpha value is -2.50. The van der Waals surface area contributed by atoms with Crippen LogP contribution in [0.25, 0.3) is 0 Å². The number of benzene rings is 2. The number of fused-ring (bicyclic) bond motifs is 7. The molecule has 2 bridgehead atoms. The normalized spacial score (nSPS) is 32.1. The number of nitrogens with zero attached hydrogens (tertiary/aromatic N) is 1. The first kappa shape index (κ1) is 19.5. The van der Waals surface area contributed by atoms with Crippen LogP contribution in [0.5, 0.6) is 0 Å². The van der Waals surface area contributed by atoms with E-state index in [0.29, 0.717) is 17.5 Å². The number of nitrogens with two attached hydrogens (primary N) is 1. The van der Waals surface area contributed by atoms with Gasteiger partial charge in [-0.05, 0) is 85.3 Å². The number of nitrogen functional groups attached to an aromatic ring is 1. The maximum absolute atomic E-state index is 13.1. The van der Waals surface area contributed by atoms with E-state index in [2.05, 4.69) is 11.8 Å². The van der Waals surface area contributed by atoms with Crippen LogP contribution in [0.3, 0.4) is 0 Å². The van der Waals surface area contributed by atoms with Gasteiger partial charge >= 0.3 is 6.18 Å². The second kappa shape index (κ2) is 6.25. The molecule has 3 N–H and O–H groups in total. The lowest BCUT2D eigenvalue weighted by Gasteiger charge is -2.56. The molecular weight excluding hydrogens is 387 g/mol. The molecule has 0 aromatic heterocycles. The minimum absolute atomic E-state index is 0.280. The third-order valence-corrected chi connectivity index (χ3v) is 8.20. The summed E-state index contributed by atoms with van der Waals surface area (Å²) in [4.78, 5) is 2.22. The van der Waals surface area contributed by atoms with Crippen LogP contribution < -0.4 is 10.6 Å². The number of hydrogen-bond acceptors (Lipinski definition) is 3. The van der Waals surface area contributed by atoms with E-state index < -0.39 is 17.3 Å². The average Bonchev–Trinajstić information content (AvgIpc) is 3.33. The van der Waals surface area contributed by atoms with E-state index >= 15 is 0 Å². The van der Waals surface area contributed by atoms with Crippen molar-refractivity contribution in [1.29, 1.82) is 5.41 Å². The number of nitrogens with one attached hydrogen (secondary N) is 1. The Kier molecular flexibility index (Phi) is 4.06. The average molecular weight is 413 g/mol. The second-order valence-electron chi connectivity index (χ2n) is 9.31. The van der Waals surface area contributed by atoms with Crippen molar-refractivity contribution in [2.24, 2.45) is 17.8 Å². The van der Waals surface area contributed by atoms with Crippen molar-refractivity contribution >= 4 is 17.6 Å². The highest BCUT2D eigenvalue weighted by Crippen LogP contribution is 2.67. The highest BCUT2D eigenvalue weighted by molar-refractivity contribution is 5.91. The zero-order chi connectivity index (χ0) is 21.4. The smallest absolute Gasteiger partial charge is 0.398 e. The van der Waals surface area contributed by atoms with Crippen molar-refractivity contribution in [2.75, 3.05) is 17.7 Å². The molecule has 5 atom stereocenters. The van der Waals surface area contributed by atoms with E-state index in [4.69, 9.17) is 11.1 Å². The summed E-state index contributed by atoms with van der Waals surface area (Å²) in [6.45, 7) is 2.18. The van der Waals surface area contributed by atoms with Crippen molar-refractivity contribution in [3.63, 3.8) is 0 Å². The van der Waals surface area contributed by atoms with Crippen molar-refractivity contribution < 1.29 is 13.2 Å². The molecule has 2 aliphatic carbocycles. The summed E-state index contributed by atoms with van der Waals surface area (Å²) in [5.74, 6) is 1.64. The molecule has 0 saturated heterocycles. The van der Waals surface area contributed by atoms with Gasteiger partial charge in [-0.2, -0.15) is 13.2 Å². The Bertz CT molecular complexity index is 1010. The maximum Gasteiger partial charge on any atom is 0.416 e. The summed E-state index contributed by atoms with van der Waals surface area (Å²) < 4.78 is 39.4. The van der Waals surface area contributed by atoms with Crippen molar-refractivity contribution in [1.82, 2.24) is 0 Å². The van der Waals surface area contributed by atoms with Gasteiger partial charge in [-0.25, -0.2) is 0 Å². The number of anilines is 2. The van der Waals surface area contributed by atoms with Crippen molar-refractivity contribution in [3.8, 4) is 0 Å². The molecule has 30 heavy (non-hydrogen) atoms. The van der Waals surface area contributed by atoms with Crippen molar-refractivity contribution in [3.05, 3.63) is 58.7 Å². The van der Waals surface area contributed by atoms with Crippen molar-refractivity contribution in [2.45, 2.75) is 43.8 Å². The summed E-state index contributed by atoms with van der Waals surface area (Å²) in [7, 11) is 2.03. The number of rotatable bonds is 2. The Morgan fingerprint density at radius 1 is 1.10 bits per heavy atom. The highest BCUT2D eigenvalue weighted by Gasteiger charge is 2.60. The van der Waals surface area contributed by atoms with Gasteiger partial charge in [-0.3, -0.25) is 0 Å². The second-order valence-corrected chi connectivity index (χ2v) is 9.31. The molecule has 6 heteroatoms. The largest absolute Gasteiger partial charge is 0.416 e. The number of alkyl halides is 3. The van der Waals surface area contributed by atoms with Crippen LogP contribution in [0.1, 0.15) is 54.4 Å². The van der Waals surface area contributed by atoms with Crippen LogP contribution >= 0.6 is 0 Å². The van der Waals surface area contributed by atoms with Gasteiger partial charge in [0.2, 0.25) is 0 Å². The van der Waals surface area contributed by atoms with Crippen LogP contribution in [0.2, 0.25) is 0 Å². The standard InChI is InChI=1S/C24H26F3N3/c1-23(15-5-7-16(8-6-15)24(25,26)27)22-14-4-3-13(11-14)20(22)21-17(12-28)18(29)9-10-19(21)30(23)2/h5-10,12-14,20,22,28H,3-4,11,29H2,1-2H3/t13-,14+,20-,22-,23?/m1/s1. The topological polar surface area (TPSA) is 53.1 Å². The molecule has 2 fully saturated rings. The SMILES string of the molecule is CN1c2ccc(N)c(C=N)c2[C@H]2[C@@H]3CC[C@@H](C3)[C@H]2C1(C)c1ccc(C(F)(F)F)cc1. The molecule has 2 aromatic carbocycles. The van der Waals surface area contributed by atoms with E-state index in [1.165, 1.54) is 24.8 Å².